The second kappa shape index (κ2) is 7.32. The van der Waals surface area contributed by atoms with E-state index in [0.29, 0.717) is 5.56 Å². The van der Waals surface area contributed by atoms with Crippen LogP contribution in [0.1, 0.15) is 31.4 Å². The summed E-state index contributed by atoms with van der Waals surface area (Å²) < 4.78 is 0. The molecule has 1 fully saturated rings. The number of amides is 1. The minimum atomic E-state index is -2.71. The minimum absolute atomic E-state index is 0.00567. The van der Waals surface area contributed by atoms with Crippen molar-refractivity contribution in [2.45, 2.75) is 38.3 Å². The molecule has 10 heteroatoms. The van der Waals surface area contributed by atoms with Gasteiger partial charge in [0, 0.05) is 36.2 Å². The molecule has 3 aliphatic carbocycles. The molecule has 0 heterocycles. The fraction of sp³-hybridized carbons (Fsp3) is 0.480. The van der Waals surface area contributed by atoms with Crippen LogP contribution in [-0.4, -0.2) is 82.6 Å². The van der Waals surface area contributed by atoms with Crippen molar-refractivity contribution in [2.75, 3.05) is 33.1 Å². The van der Waals surface area contributed by atoms with Gasteiger partial charge in [0.25, 0.3) is 5.91 Å². The molecule has 0 aromatic heterocycles. The van der Waals surface area contributed by atoms with Crippen molar-refractivity contribution in [1.29, 1.82) is 0 Å². The zero-order valence-corrected chi connectivity index (χ0v) is 20.6. The molecule has 1 aromatic rings. The lowest BCUT2D eigenvalue weighted by atomic mass is 9.46. The Balaban J connectivity index is 2.10. The molecule has 0 radical (unpaired) electrons. The maximum Gasteiger partial charge on any atom is 0.255 e. The third-order valence-electron chi connectivity index (χ3n) is 7.97. The third-order valence-corrected chi connectivity index (χ3v) is 7.97. The van der Waals surface area contributed by atoms with Crippen molar-refractivity contribution >= 4 is 28.9 Å². The average molecular weight is 486 g/mol. The number of rotatable bonds is 3. The van der Waals surface area contributed by atoms with Crippen LogP contribution >= 0.6 is 0 Å². The van der Waals surface area contributed by atoms with Gasteiger partial charge in [-0.2, -0.15) is 0 Å². The van der Waals surface area contributed by atoms with E-state index >= 15 is 0 Å². The van der Waals surface area contributed by atoms with Gasteiger partial charge in [-0.1, -0.05) is 13.8 Å². The minimum Gasteiger partial charge on any atom is -0.508 e. The fourth-order valence-electron chi connectivity index (χ4n) is 6.73. The first kappa shape index (κ1) is 24.7. The predicted octanol–water partition coefficient (Wildman–Crippen LogP) is 0.810. The van der Waals surface area contributed by atoms with E-state index in [9.17, 15) is 34.8 Å². The normalized spacial score (nSPS) is 32.4. The number of phenols is 1. The molecule has 1 aromatic carbocycles. The summed E-state index contributed by atoms with van der Waals surface area (Å²) in [7, 11) is 6.77. The van der Waals surface area contributed by atoms with Crippen LogP contribution in [0, 0.1) is 10.8 Å². The Morgan fingerprint density at radius 2 is 1.69 bits per heavy atom. The first-order valence-corrected chi connectivity index (χ1v) is 11.2. The number of aliphatic hydroxyl groups excluding tert-OH is 2. The number of ketones is 2. The van der Waals surface area contributed by atoms with Crippen LogP contribution in [0.4, 0.5) is 5.69 Å². The highest BCUT2D eigenvalue weighted by atomic mass is 16.3. The number of carbonyl (C=O) groups is 3. The molecule has 6 N–H and O–H groups in total. The van der Waals surface area contributed by atoms with E-state index in [1.807, 2.05) is 19.0 Å². The van der Waals surface area contributed by atoms with Gasteiger partial charge in [0.15, 0.2) is 11.4 Å². The summed E-state index contributed by atoms with van der Waals surface area (Å²) >= 11 is 0. The summed E-state index contributed by atoms with van der Waals surface area (Å²) in [5.41, 5.74) is 0.389. The Hall–Kier alpha value is -3.37. The molecule has 0 saturated heterocycles. The number of aliphatic hydroxyl groups is 3. The first-order valence-electron chi connectivity index (χ1n) is 11.2. The fourth-order valence-corrected chi connectivity index (χ4v) is 6.73. The quantitative estimate of drug-likeness (QED) is 0.390. The first-order chi connectivity index (χ1) is 16.0. The highest BCUT2D eigenvalue weighted by Crippen LogP contribution is 2.63. The Kier molecular flexibility index (Phi) is 5.17. The van der Waals surface area contributed by atoms with E-state index in [4.69, 9.17) is 5.73 Å². The van der Waals surface area contributed by atoms with Crippen LogP contribution in [-0.2, 0) is 20.8 Å². The highest BCUT2D eigenvalue weighted by molar-refractivity contribution is 6.25. The van der Waals surface area contributed by atoms with Crippen LogP contribution in [0.3, 0.4) is 0 Å². The molecule has 4 atom stereocenters. The number of nitrogens with zero attached hydrogens (tertiary/aromatic N) is 2. The Bertz CT molecular complexity index is 1260. The molecule has 35 heavy (non-hydrogen) atoms. The van der Waals surface area contributed by atoms with Crippen LogP contribution < -0.4 is 10.6 Å². The molecule has 188 valence electrons. The van der Waals surface area contributed by atoms with E-state index < -0.39 is 57.0 Å². The summed E-state index contributed by atoms with van der Waals surface area (Å²) in [5.74, 6) is -4.96. The molecule has 10 nitrogen and oxygen atoms in total. The standard InChI is InChI=1S/C25H31N3O7/c1-23-9-11-12(27(3)4)7-8-13(29)14(11)17(30)16(23)21(33)25(35)20(32)15(22(26)34)18(31)19(28(5)6)24(25,2)10-23/h7-8,19,29-30,32,35H,9-10H2,1-6H3,(H2,26,34)/t19-,23+,24+,25-/m1/s1. The Labute approximate surface area is 202 Å². The van der Waals surface area contributed by atoms with Gasteiger partial charge in [-0.15, -0.1) is 0 Å². The van der Waals surface area contributed by atoms with Gasteiger partial charge in [0.2, 0.25) is 5.78 Å². The van der Waals surface area contributed by atoms with Gasteiger partial charge < -0.3 is 31.1 Å². The number of nitrogens with two attached hydrogens (primary N) is 1. The average Bonchev–Trinajstić information content (AvgIpc) is 2.69. The number of hydrogen-bond donors (Lipinski definition) is 5. The maximum atomic E-state index is 14.1. The molecule has 0 unspecified atom stereocenters. The van der Waals surface area contributed by atoms with Crippen LogP contribution in [0.2, 0.25) is 0 Å². The molecule has 1 amide bonds. The number of phenolic OH excluding ortho intramolecular Hbond substituents is 1. The van der Waals surface area contributed by atoms with Gasteiger partial charge in [-0.25, -0.2) is 0 Å². The van der Waals surface area contributed by atoms with Gasteiger partial charge in [0.05, 0.1) is 11.6 Å². The van der Waals surface area contributed by atoms with Crippen molar-refractivity contribution in [2.24, 2.45) is 16.6 Å². The third kappa shape index (κ3) is 2.86. The van der Waals surface area contributed by atoms with E-state index in [2.05, 4.69) is 0 Å². The molecule has 1 saturated carbocycles. The van der Waals surface area contributed by atoms with Gasteiger partial charge in [-0.3, -0.25) is 19.3 Å². The van der Waals surface area contributed by atoms with Crippen LogP contribution in [0.15, 0.2) is 29.0 Å². The number of primary amides is 1. The molecule has 0 spiro atoms. The lowest BCUT2D eigenvalue weighted by molar-refractivity contribution is -0.175. The van der Waals surface area contributed by atoms with E-state index in [0.717, 1.165) is 5.69 Å². The van der Waals surface area contributed by atoms with Crippen molar-refractivity contribution < 1.29 is 34.8 Å². The maximum absolute atomic E-state index is 14.1. The van der Waals surface area contributed by atoms with Gasteiger partial charge in [-0.05, 0) is 44.6 Å². The molecule has 4 rings (SSSR count). The summed E-state index contributed by atoms with van der Waals surface area (Å²) in [6.45, 7) is 3.26. The van der Waals surface area contributed by atoms with Crippen molar-refractivity contribution in [3.05, 3.63) is 40.2 Å². The summed E-state index contributed by atoms with van der Waals surface area (Å²) in [5, 5.41) is 44.9. The number of aromatic hydroxyl groups is 1. The number of carbonyl (C=O) groups excluding carboxylic acids is 3. The lowest BCUT2D eigenvalue weighted by Gasteiger charge is -2.59. The van der Waals surface area contributed by atoms with E-state index in [1.54, 1.807) is 27.1 Å². The van der Waals surface area contributed by atoms with E-state index in [1.165, 1.54) is 17.9 Å². The second-order valence-corrected chi connectivity index (χ2v) is 10.8. The lowest BCUT2D eigenvalue weighted by Crippen LogP contribution is -2.72. The molecular formula is C25H31N3O7. The van der Waals surface area contributed by atoms with Crippen molar-refractivity contribution in [3.8, 4) is 5.75 Å². The second-order valence-electron chi connectivity index (χ2n) is 10.8. The molecular weight excluding hydrogens is 454 g/mol. The monoisotopic (exact) mass is 485 g/mol. The van der Waals surface area contributed by atoms with Crippen molar-refractivity contribution in [3.63, 3.8) is 0 Å². The number of benzene rings is 1. The summed E-state index contributed by atoms with van der Waals surface area (Å²) in [6.07, 6.45) is 0.205. The Morgan fingerprint density at radius 3 is 2.20 bits per heavy atom. The number of likely N-dealkylation sites (N-methyl/N-ethyl adjacent to an activating group) is 1. The Morgan fingerprint density at radius 1 is 1.09 bits per heavy atom. The highest BCUT2D eigenvalue weighted by Gasteiger charge is 2.72. The number of anilines is 1. The van der Waals surface area contributed by atoms with Gasteiger partial charge >= 0.3 is 0 Å². The molecule has 3 aliphatic rings. The largest absolute Gasteiger partial charge is 0.508 e. The summed E-state index contributed by atoms with van der Waals surface area (Å²) in [4.78, 5) is 42.9. The molecule has 0 bridgehead atoms. The van der Waals surface area contributed by atoms with Crippen molar-refractivity contribution in [1.82, 2.24) is 4.90 Å². The van der Waals surface area contributed by atoms with Gasteiger partial charge in [0.1, 0.15) is 22.8 Å². The van der Waals surface area contributed by atoms with E-state index in [-0.39, 0.29) is 29.7 Å². The molecule has 0 aliphatic heterocycles. The number of fused-ring (bicyclic) bond motifs is 3. The van der Waals surface area contributed by atoms with Crippen LogP contribution in [0.5, 0.6) is 5.75 Å². The van der Waals surface area contributed by atoms with Crippen LogP contribution in [0.25, 0.3) is 5.76 Å². The SMILES string of the molecule is CN(C)c1ccc(O)c2c1C[C@@]1(C)C[C@@]3(C)[C@H](N(C)C)C(=O)C(C(N)=O)=C(O)[C@@]3(O)C(=O)C1=C2O. The summed E-state index contributed by atoms with van der Waals surface area (Å²) in [6, 6.07) is 1.94. The smallest absolute Gasteiger partial charge is 0.255 e. The zero-order chi connectivity index (χ0) is 26.4. The predicted molar refractivity (Wildman–Crippen MR) is 128 cm³/mol. The number of Topliss-reactive ketones (excluding diaryl/α,β-unsaturated/α-hetero) is 2. The zero-order valence-electron chi connectivity index (χ0n) is 20.6. The topological polar surface area (TPSA) is 165 Å². The number of hydrogen-bond acceptors (Lipinski definition) is 9.